The molecule has 3 N–H and O–H groups in total. The van der Waals surface area contributed by atoms with Gasteiger partial charge in [0.1, 0.15) is 0 Å². The fourth-order valence-corrected chi connectivity index (χ4v) is 3.20. The Hall–Kier alpha value is -2.07. The van der Waals surface area contributed by atoms with Crippen molar-refractivity contribution in [2.24, 2.45) is 10.9 Å². The molecule has 9 heteroatoms. The summed E-state index contributed by atoms with van der Waals surface area (Å²) in [4.78, 5) is 16.4. The highest BCUT2D eigenvalue weighted by Gasteiger charge is 2.22. The van der Waals surface area contributed by atoms with Crippen molar-refractivity contribution in [3.05, 3.63) is 64.4 Å². The van der Waals surface area contributed by atoms with E-state index in [4.69, 9.17) is 16.3 Å². The Kier molecular flexibility index (Phi) is 10.5. The lowest BCUT2D eigenvalue weighted by molar-refractivity contribution is 0.0954. The van der Waals surface area contributed by atoms with E-state index >= 15 is 0 Å². The van der Waals surface area contributed by atoms with Gasteiger partial charge in [-0.3, -0.25) is 9.79 Å². The largest absolute Gasteiger partial charge is 0.490 e. The zero-order valence-electron chi connectivity index (χ0n) is 18.2. The first-order valence-corrected chi connectivity index (χ1v) is 10.8. The number of ether oxygens (including phenoxy) is 1. The predicted molar refractivity (Wildman–Crippen MR) is 137 cm³/mol. The molecule has 1 aliphatic carbocycles. The monoisotopic (exact) mass is 574 g/mol. The highest BCUT2D eigenvalue weighted by molar-refractivity contribution is 14.0. The van der Waals surface area contributed by atoms with Gasteiger partial charge in [0.25, 0.3) is 5.91 Å². The van der Waals surface area contributed by atoms with Gasteiger partial charge in [0, 0.05) is 20.1 Å². The molecule has 1 saturated carbocycles. The Morgan fingerprint density at radius 3 is 2.59 bits per heavy atom. The molecule has 174 valence electrons. The van der Waals surface area contributed by atoms with E-state index in [1.165, 1.54) is 6.07 Å². The third-order valence-corrected chi connectivity index (χ3v) is 5.36. The Balaban J connectivity index is 0.00000363. The average molecular weight is 575 g/mol. The summed E-state index contributed by atoms with van der Waals surface area (Å²) in [5.41, 5.74) is 1.22. The van der Waals surface area contributed by atoms with Crippen LogP contribution < -0.4 is 20.7 Å². The van der Waals surface area contributed by atoms with Gasteiger partial charge in [0.15, 0.2) is 17.5 Å². The fourth-order valence-electron chi connectivity index (χ4n) is 2.98. The van der Waals surface area contributed by atoms with Crippen LogP contribution in [-0.4, -0.2) is 38.6 Å². The maximum absolute atomic E-state index is 14.3. The Morgan fingerprint density at radius 2 is 1.94 bits per heavy atom. The van der Waals surface area contributed by atoms with Crippen molar-refractivity contribution >= 4 is 47.4 Å². The van der Waals surface area contributed by atoms with Crippen molar-refractivity contribution in [3.8, 4) is 5.75 Å². The zero-order valence-corrected chi connectivity index (χ0v) is 21.2. The number of hydrogen-bond acceptors (Lipinski definition) is 3. The molecular weight excluding hydrogens is 546 g/mol. The van der Waals surface area contributed by atoms with E-state index in [-0.39, 0.29) is 41.7 Å². The maximum Gasteiger partial charge on any atom is 0.252 e. The number of amides is 1. The van der Waals surface area contributed by atoms with Crippen molar-refractivity contribution < 1.29 is 13.9 Å². The van der Waals surface area contributed by atoms with E-state index in [9.17, 15) is 9.18 Å². The minimum Gasteiger partial charge on any atom is -0.490 e. The van der Waals surface area contributed by atoms with E-state index in [0.29, 0.717) is 47.9 Å². The van der Waals surface area contributed by atoms with Gasteiger partial charge < -0.3 is 20.7 Å². The molecule has 1 fully saturated rings. The first-order chi connectivity index (χ1) is 15.0. The standard InChI is InChI=1S/C23H28ClFN4O2.HI/c1-15(17-9-10-21(20(25)13-17)31-14-16-7-8-16)29-23(26-2)28-12-11-27-22(30)18-5-3-4-6-19(18)24;/h3-6,9-10,13,15-16H,7-8,11-12,14H2,1-2H3,(H,27,30)(H2,26,28,29);1H. The molecule has 2 aromatic carbocycles. The van der Waals surface area contributed by atoms with E-state index in [0.717, 1.165) is 18.4 Å². The molecule has 0 aromatic heterocycles. The molecule has 0 heterocycles. The molecule has 1 atom stereocenters. The molecule has 0 spiro atoms. The van der Waals surface area contributed by atoms with Gasteiger partial charge in [-0.2, -0.15) is 0 Å². The number of carbonyl (C=O) groups excluding carboxylic acids is 1. The number of rotatable bonds is 9. The van der Waals surface area contributed by atoms with Crippen molar-refractivity contribution in [2.75, 3.05) is 26.7 Å². The minimum absolute atomic E-state index is 0. The predicted octanol–water partition coefficient (Wildman–Crippen LogP) is 4.54. The van der Waals surface area contributed by atoms with Crippen LogP contribution >= 0.6 is 35.6 Å². The lowest BCUT2D eigenvalue weighted by Gasteiger charge is -2.19. The molecule has 6 nitrogen and oxygen atoms in total. The SMILES string of the molecule is CN=C(NCCNC(=O)c1ccccc1Cl)NC(C)c1ccc(OCC2CC2)c(F)c1.I. The molecule has 1 amide bonds. The second-order valence-electron chi connectivity index (χ2n) is 7.55. The lowest BCUT2D eigenvalue weighted by atomic mass is 10.1. The molecule has 1 aliphatic rings. The Labute approximate surface area is 210 Å². The number of benzene rings is 2. The van der Waals surface area contributed by atoms with Crippen LogP contribution in [0.25, 0.3) is 0 Å². The first-order valence-electron chi connectivity index (χ1n) is 10.4. The first kappa shape index (κ1) is 26.2. The van der Waals surface area contributed by atoms with Crippen LogP contribution in [0.2, 0.25) is 5.02 Å². The molecule has 0 radical (unpaired) electrons. The van der Waals surface area contributed by atoms with Crippen molar-refractivity contribution in [3.63, 3.8) is 0 Å². The number of nitrogens with zero attached hydrogens (tertiary/aromatic N) is 1. The summed E-state index contributed by atoms with van der Waals surface area (Å²) >= 11 is 6.04. The van der Waals surface area contributed by atoms with Crippen molar-refractivity contribution in [1.29, 1.82) is 0 Å². The van der Waals surface area contributed by atoms with Gasteiger partial charge in [-0.15, -0.1) is 24.0 Å². The Morgan fingerprint density at radius 1 is 1.22 bits per heavy atom. The Bertz CT molecular complexity index is 940. The molecule has 3 rings (SSSR count). The van der Waals surface area contributed by atoms with Gasteiger partial charge in [0.2, 0.25) is 0 Å². The molecule has 0 saturated heterocycles. The highest BCUT2D eigenvalue weighted by Crippen LogP contribution is 2.30. The van der Waals surface area contributed by atoms with E-state index in [2.05, 4.69) is 20.9 Å². The minimum atomic E-state index is -0.364. The van der Waals surface area contributed by atoms with Crippen LogP contribution in [0.4, 0.5) is 4.39 Å². The van der Waals surface area contributed by atoms with Crippen LogP contribution in [0.5, 0.6) is 5.75 Å². The van der Waals surface area contributed by atoms with E-state index in [1.54, 1.807) is 37.4 Å². The lowest BCUT2D eigenvalue weighted by Crippen LogP contribution is -2.42. The van der Waals surface area contributed by atoms with Crippen LogP contribution in [-0.2, 0) is 0 Å². The molecule has 1 unspecified atom stereocenters. The number of halogens is 3. The summed E-state index contributed by atoms with van der Waals surface area (Å²) in [7, 11) is 1.65. The quantitative estimate of drug-likeness (QED) is 0.178. The molecule has 0 bridgehead atoms. The fraction of sp³-hybridized carbons (Fsp3) is 0.391. The summed E-state index contributed by atoms with van der Waals surface area (Å²) in [5, 5.41) is 9.57. The number of carbonyl (C=O) groups is 1. The normalized spacial score (nSPS) is 14.2. The van der Waals surface area contributed by atoms with Gasteiger partial charge >= 0.3 is 0 Å². The smallest absolute Gasteiger partial charge is 0.252 e. The second kappa shape index (κ2) is 12.8. The van der Waals surface area contributed by atoms with Crippen LogP contribution in [0.3, 0.4) is 0 Å². The van der Waals surface area contributed by atoms with E-state index < -0.39 is 0 Å². The number of nitrogens with one attached hydrogen (secondary N) is 3. The molecule has 32 heavy (non-hydrogen) atoms. The summed E-state index contributed by atoms with van der Waals surface area (Å²) in [6.07, 6.45) is 2.33. The number of hydrogen-bond donors (Lipinski definition) is 3. The van der Waals surface area contributed by atoms with Crippen molar-refractivity contribution in [1.82, 2.24) is 16.0 Å². The average Bonchev–Trinajstić information content (AvgIpc) is 3.59. The van der Waals surface area contributed by atoms with Gasteiger partial charge in [-0.1, -0.05) is 29.8 Å². The van der Waals surface area contributed by atoms with Gasteiger partial charge in [0.05, 0.1) is 23.2 Å². The van der Waals surface area contributed by atoms with Gasteiger partial charge in [-0.25, -0.2) is 4.39 Å². The molecular formula is C23H29ClFIN4O2. The highest BCUT2D eigenvalue weighted by atomic mass is 127. The zero-order chi connectivity index (χ0) is 22.2. The number of guanidine groups is 1. The van der Waals surface area contributed by atoms with Crippen LogP contribution in [0.15, 0.2) is 47.5 Å². The second-order valence-corrected chi connectivity index (χ2v) is 7.95. The summed E-state index contributed by atoms with van der Waals surface area (Å²) in [6.45, 7) is 3.35. The molecule has 2 aromatic rings. The summed E-state index contributed by atoms with van der Waals surface area (Å²) < 4.78 is 19.9. The van der Waals surface area contributed by atoms with Gasteiger partial charge in [-0.05, 0) is 55.5 Å². The third kappa shape index (κ3) is 7.81. The van der Waals surface area contributed by atoms with Crippen molar-refractivity contribution in [2.45, 2.75) is 25.8 Å². The third-order valence-electron chi connectivity index (χ3n) is 5.03. The van der Waals surface area contributed by atoms with Crippen LogP contribution in [0.1, 0.15) is 41.7 Å². The number of aliphatic imine (C=N–C) groups is 1. The summed E-state index contributed by atoms with van der Waals surface area (Å²) in [5.74, 6) is 0.817. The van der Waals surface area contributed by atoms with Crippen LogP contribution in [0, 0.1) is 11.7 Å². The molecule has 0 aliphatic heterocycles. The summed E-state index contributed by atoms with van der Waals surface area (Å²) in [6, 6.07) is 11.7. The maximum atomic E-state index is 14.3. The van der Waals surface area contributed by atoms with E-state index in [1.807, 2.05) is 13.0 Å². The topological polar surface area (TPSA) is 74.8 Å².